The maximum absolute atomic E-state index is 11.6. The Kier molecular flexibility index (Phi) is 14.0. The summed E-state index contributed by atoms with van der Waals surface area (Å²) in [4.78, 5) is 45.3. The van der Waals surface area contributed by atoms with E-state index in [1.165, 1.54) is 21.6 Å². The lowest BCUT2D eigenvalue weighted by atomic mass is 10.1. The third kappa shape index (κ3) is 15.8. The van der Waals surface area contributed by atoms with Crippen molar-refractivity contribution >= 4 is 45.5 Å². The number of hydrogen-bond acceptors (Lipinski definition) is 6. The first-order chi connectivity index (χ1) is 11.8. The van der Waals surface area contributed by atoms with Gasteiger partial charge in [-0.1, -0.05) is 42.4 Å². The van der Waals surface area contributed by atoms with Crippen molar-refractivity contribution in [2.45, 2.75) is 40.0 Å². The van der Waals surface area contributed by atoms with Gasteiger partial charge in [0.15, 0.2) is 0 Å². The van der Waals surface area contributed by atoms with Crippen LogP contribution >= 0.6 is 21.6 Å². The van der Waals surface area contributed by atoms with Crippen LogP contribution in [0.2, 0.25) is 0 Å². The average molecular weight is 393 g/mol. The monoisotopic (exact) mass is 392 g/mol. The molecule has 0 aromatic heterocycles. The second-order valence-electron chi connectivity index (χ2n) is 5.58. The van der Waals surface area contributed by atoms with Crippen LogP contribution in [0.15, 0.2) is 0 Å². The van der Waals surface area contributed by atoms with Gasteiger partial charge in [0.05, 0.1) is 5.75 Å². The number of nitrogens with one attached hydrogen (secondary N) is 4. The largest absolute Gasteiger partial charge is 0.338 e. The molecule has 0 saturated carbocycles. The van der Waals surface area contributed by atoms with Crippen LogP contribution in [0.3, 0.4) is 0 Å². The first-order valence-electron chi connectivity index (χ1n) is 8.24. The van der Waals surface area contributed by atoms with Gasteiger partial charge in [-0.25, -0.2) is 9.59 Å². The predicted octanol–water partition coefficient (Wildman–Crippen LogP) is 1.87. The molecule has 0 aliphatic heterocycles. The zero-order valence-electron chi connectivity index (χ0n) is 15.0. The molecule has 0 saturated heterocycles. The lowest BCUT2D eigenvalue weighted by molar-refractivity contribution is -0.120. The van der Waals surface area contributed by atoms with Crippen LogP contribution in [-0.4, -0.2) is 48.5 Å². The Morgan fingerprint density at radius 3 is 2.08 bits per heavy atom. The number of amides is 6. The standard InChI is InChI=1S/C15H28N4O4S2/c1-4-12(20)18-15(23)17-8-9-24-25-10-13(21)19-14(22)16-7-5-6-11(2)3/h11H,4-10H2,1-3H3,(H2,16,19,21,22)(H2,17,18,20,23). The number of urea groups is 2. The first kappa shape index (κ1) is 23.6. The maximum Gasteiger partial charge on any atom is 0.321 e. The molecule has 0 aromatic carbocycles. The minimum atomic E-state index is -0.524. The van der Waals surface area contributed by atoms with E-state index in [1.807, 2.05) is 0 Å². The molecular weight excluding hydrogens is 364 g/mol. The molecule has 0 unspecified atom stereocenters. The summed E-state index contributed by atoms with van der Waals surface area (Å²) in [6.07, 6.45) is 2.16. The molecule has 0 atom stereocenters. The topological polar surface area (TPSA) is 116 Å². The SMILES string of the molecule is CCC(=O)NC(=O)NCCSSCC(=O)NC(=O)NCCCC(C)C. The zero-order chi connectivity index (χ0) is 19.1. The number of rotatable bonds is 11. The normalized spacial score (nSPS) is 10.2. The summed E-state index contributed by atoms with van der Waals surface area (Å²) < 4.78 is 0. The van der Waals surface area contributed by atoms with Crippen LogP contribution in [0.4, 0.5) is 9.59 Å². The number of carbonyl (C=O) groups is 4. The highest BCUT2D eigenvalue weighted by Crippen LogP contribution is 2.19. The highest BCUT2D eigenvalue weighted by Gasteiger charge is 2.08. The Morgan fingerprint density at radius 1 is 0.880 bits per heavy atom. The van der Waals surface area contributed by atoms with Gasteiger partial charge in [0, 0.05) is 25.3 Å². The fourth-order valence-corrected chi connectivity index (χ4v) is 3.28. The van der Waals surface area contributed by atoms with E-state index in [9.17, 15) is 19.2 Å². The minimum absolute atomic E-state index is 0.143. The van der Waals surface area contributed by atoms with Crippen LogP contribution in [0, 0.1) is 5.92 Å². The maximum atomic E-state index is 11.6. The van der Waals surface area contributed by atoms with Gasteiger partial charge in [-0.15, -0.1) is 0 Å². The van der Waals surface area contributed by atoms with E-state index < -0.39 is 12.1 Å². The second-order valence-corrected chi connectivity index (χ2v) is 8.16. The fourth-order valence-electron chi connectivity index (χ4n) is 1.54. The van der Waals surface area contributed by atoms with Gasteiger partial charge in [0.1, 0.15) is 0 Å². The summed E-state index contributed by atoms with van der Waals surface area (Å²) in [5.74, 6) is 0.613. The summed E-state index contributed by atoms with van der Waals surface area (Å²) in [6.45, 7) is 6.81. The van der Waals surface area contributed by atoms with Crippen LogP contribution in [0.1, 0.15) is 40.0 Å². The summed E-state index contributed by atoms with van der Waals surface area (Å²) >= 11 is 0. The van der Waals surface area contributed by atoms with Crippen molar-refractivity contribution in [2.75, 3.05) is 24.6 Å². The van der Waals surface area contributed by atoms with E-state index >= 15 is 0 Å². The smallest absolute Gasteiger partial charge is 0.321 e. The number of imide groups is 2. The molecule has 0 fully saturated rings. The van der Waals surface area contributed by atoms with Gasteiger partial charge in [-0.05, 0) is 18.8 Å². The Morgan fingerprint density at radius 2 is 1.48 bits per heavy atom. The highest BCUT2D eigenvalue weighted by molar-refractivity contribution is 8.76. The number of hydrogen-bond donors (Lipinski definition) is 4. The van der Waals surface area contributed by atoms with Crippen LogP contribution in [-0.2, 0) is 9.59 Å². The molecule has 4 N–H and O–H groups in total. The molecule has 144 valence electrons. The molecule has 0 bridgehead atoms. The summed E-state index contributed by atoms with van der Waals surface area (Å²) in [5, 5.41) is 9.62. The molecule has 0 heterocycles. The third-order valence-corrected chi connectivity index (χ3v) is 5.09. The van der Waals surface area contributed by atoms with E-state index in [0.29, 0.717) is 24.8 Å². The van der Waals surface area contributed by atoms with Gasteiger partial charge < -0.3 is 10.6 Å². The van der Waals surface area contributed by atoms with Crippen molar-refractivity contribution in [1.82, 2.24) is 21.3 Å². The molecule has 0 aromatic rings. The van der Waals surface area contributed by atoms with Crippen molar-refractivity contribution in [1.29, 1.82) is 0 Å². The average Bonchev–Trinajstić information content (AvgIpc) is 2.54. The van der Waals surface area contributed by atoms with E-state index in [4.69, 9.17) is 0 Å². The van der Waals surface area contributed by atoms with Gasteiger partial charge in [-0.2, -0.15) is 0 Å². The molecule has 0 aliphatic rings. The molecule has 0 aliphatic carbocycles. The van der Waals surface area contributed by atoms with Crippen LogP contribution in [0.25, 0.3) is 0 Å². The fraction of sp³-hybridized carbons (Fsp3) is 0.733. The molecule has 8 nitrogen and oxygen atoms in total. The molecule has 10 heteroatoms. The van der Waals surface area contributed by atoms with E-state index in [-0.39, 0.29) is 24.0 Å². The van der Waals surface area contributed by atoms with E-state index in [0.717, 1.165) is 12.8 Å². The van der Waals surface area contributed by atoms with E-state index in [1.54, 1.807) is 6.92 Å². The summed E-state index contributed by atoms with van der Waals surface area (Å²) in [6, 6.07) is -0.998. The Labute approximate surface area is 156 Å². The molecule has 6 amide bonds. The summed E-state index contributed by atoms with van der Waals surface area (Å²) in [5.41, 5.74) is 0. The zero-order valence-corrected chi connectivity index (χ0v) is 16.6. The van der Waals surface area contributed by atoms with Crippen molar-refractivity contribution in [3.05, 3.63) is 0 Å². The van der Waals surface area contributed by atoms with E-state index in [2.05, 4.69) is 35.1 Å². The van der Waals surface area contributed by atoms with Crippen LogP contribution < -0.4 is 21.3 Å². The number of carbonyl (C=O) groups excluding carboxylic acids is 4. The van der Waals surface area contributed by atoms with Crippen molar-refractivity contribution < 1.29 is 19.2 Å². The first-order valence-corrected chi connectivity index (χ1v) is 10.7. The minimum Gasteiger partial charge on any atom is -0.338 e. The molecule has 0 spiro atoms. The molecule has 0 rings (SSSR count). The Bertz CT molecular complexity index is 447. The predicted molar refractivity (Wildman–Crippen MR) is 102 cm³/mol. The van der Waals surface area contributed by atoms with Gasteiger partial charge in [0.25, 0.3) is 0 Å². The second kappa shape index (κ2) is 14.9. The molecule has 0 radical (unpaired) electrons. The summed E-state index contributed by atoms with van der Waals surface area (Å²) in [7, 11) is 2.69. The lowest BCUT2D eigenvalue weighted by Gasteiger charge is -2.08. The van der Waals surface area contributed by atoms with Gasteiger partial charge in [0.2, 0.25) is 11.8 Å². The molecular formula is C15H28N4O4S2. The van der Waals surface area contributed by atoms with Crippen LogP contribution in [0.5, 0.6) is 0 Å². The quantitative estimate of drug-likeness (QED) is 0.315. The van der Waals surface area contributed by atoms with Gasteiger partial charge in [-0.3, -0.25) is 20.2 Å². The van der Waals surface area contributed by atoms with Crippen molar-refractivity contribution in [3.8, 4) is 0 Å². The van der Waals surface area contributed by atoms with Gasteiger partial charge >= 0.3 is 12.1 Å². The van der Waals surface area contributed by atoms with Crippen molar-refractivity contribution in [3.63, 3.8) is 0 Å². The highest BCUT2D eigenvalue weighted by atomic mass is 33.1. The van der Waals surface area contributed by atoms with Crippen molar-refractivity contribution in [2.24, 2.45) is 5.92 Å². The Balaban J connectivity index is 3.56. The Hall–Kier alpha value is -1.42. The third-order valence-electron chi connectivity index (χ3n) is 2.82. The molecule has 25 heavy (non-hydrogen) atoms. The lowest BCUT2D eigenvalue weighted by Crippen LogP contribution is -2.40.